The third-order valence-electron chi connectivity index (χ3n) is 7.84. The topological polar surface area (TPSA) is 4.93 Å². The van der Waals surface area contributed by atoms with Crippen LogP contribution in [0.3, 0.4) is 0 Å². The van der Waals surface area contributed by atoms with Crippen molar-refractivity contribution in [2.24, 2.45) is 0 Å². The van der Waals surface area contributed by atoms with Crippen LogP contribution < -0.4 is 0 Å². The van der Waals surface area contributed by atoms with Crippen LogP contribution in [-0.2, 0) is 13.0 Å². The molecule has 0 saturated heterocycles. The van der Waals surface area contributed by atoms with Crippen molar-refractivity contribution < 1.29 is 0 Å². The molecule has 7 aromatic rings. The SMILES string of the molecule is c1ccc(Cn2c3c4c(c5ccccc5c3c3ccc5ccccc5c32)-c2ccccc2C4)cc1. The minimum Gasteiger partial charge on any atom is -0.335 e. The van der Waals surface area contributed by atoms with Crippen LogP contribution in [0.15, 0.2) is 115 Å². The first-order chi connectivity index (χ1) is 17.4. The lowest BCUT2D eigenvalue weighted by atomic mass is 9.93. The van der Waals surface area contributed by atoms with Crippen LogP contribution in [0.4, 0.5) is 0 Å². The fourth-order valence-corrected chi connectivity index (χ4v) is 6.42. The third-order valence-corrected chi connectivity index (χ3v) is 7.84. The summed E-state index contributed by atoms with van der Waals surface area (Å²) in [5, 5.41) is 8.08. The van der Waals surface area contributed by atoms with Crippen LogP contribution in [0, 0.1) is 0 Å². The van der Waals surface area contributed by atoms with Gasteiger partial charge in [-0.2, -0.15) is 0 Å². The molecule has 1 heterocycles. The predicted molar refractivity (Wildman–Crippen MR) is 148 cm³/mol. The van der Waals surface area contributed by atoms with Crippen LogP contribution in [-0.4, -0.2) is 4.57 Å². The number of rotatable bonds is 2. The second-order valence-corrected chi connectivity index (χ2v) is 9.71. The third kappa shape index (κ3) is 2.58. The summed E-state index contributed by atoms with van der Waals surface area (Å²) in [5.74, 6) is 0. The maximum atomic E-state index is 2.61. The van der Waals surface area contributed by atoms with Gasteiger partial charge in [-0.3, -0.25) is 0 Å². The largest absolute Gasteiger partial charge is 0.335 e. The zero-order chi connectivity index (χ0) is 22.9. The Labute approximate surface area is 203 Å². The maximum Gasteiger partial charge on any atom is 0.0574 e. The molecule has 1 nitrogen and oxygen atoms in total. The lowest BCUT2D eigenvalue weighted by Gasteiger charge is -2.14. The zero-order valence-corrected chi connectivity index (χ0v) is 19.3. The van der Waals surface area contributed by atoms with E-state index in [9.17, 15) is 0 Å². The molecule has 35 heavy (non-hydrogen) atoms. The van der Waals surface area contributed by atoms with Crippen molar-refractivity contribution in [2.75, 3.05) is 0 Å². The Morgan fingerprint density at radius 1 is 0.543 bits per heavy atom. The van der Waals surface area contributed by atoms with Gasteiger partial charge in [-0.1, -0.05) is 115 Å². The molecule has 0 N–H and O–H groups in total. The number of aromatic nitrogens is 1. The van der Waals surface area contributed by atoms with Crippen molar-refractivity contribution >= 4 is 43.4 Å². The molecule has 8 rings (SSSR count). The number of fused-ring (bicyclic) bond motifs is 12. The fraction of sp³-hybridized carbons (Fsp3) is 0.0588. The van der Waals surface area contributed by atoms with Crippen molar-refractivity contribution in [3.05, 3.63) is 132 Å². The average Bonchev–Trinajstić information content (AvgIpc) is 3.46. The summed E-state index contributed by atoms with van der Waals surface area (Å²) >= 11 is 0. The molecule has 1 aliphatic carbocycles. The molecule has 0 amide bonds. The number of hydrogen-bond acceptors (Lipinski definition) is 0. The number of nitrogens with zero attached hydrogens (tertiary/aromatic N) is 1. The van der Waals surface area contributed by atoms with E-state index in [1.807, 2.05) is 0 Å². The van der Waals surface area contributed by atoms with Crippen LogP contribution in [0.5, 0.6) is 0 Å². The van der Waals surface area contributed by atoms with Gasteiger partial charge in [-0.15, -0.1) is 0 Å². The molecule has 1 aromatic heterocycles. The molecule has 0 spiro atoms. The summed E-state index contributed by atoms with van der Waals surface area (Å²) in [6.45, 7) is 0.857. The standard InChI is InChI=1S/C34H23N/c1-2-10-22(11-3-1)21-35-33-26-15-7-4-12-23(26)18-19-29(33)32-28-17-9-8-16-27(28)31-25-14-6-5-13-24(25)20-30(31)34(32)35/h1-19H,20-21H2. The monoisotopic (exact) mass is 445 g/mol. The quantitative estimate of drug-likeness (QED) is 0.251. The van der Waals surface area contributed by atoms with E-state index in [0.717, 1.165) is 13.0 Å². The van der Waals surface area contributed by atoms with Crippen LogP contribution in [0.1, 0.15) is 16.7 Å². The molecule has 0 atom stereocenters. The Kier molecular flexibility index (Phi) is 3.84. The van der Waals surface area contributed by atoms with E-state index in [0.29, 0.717) is 0 Å². The Morgan fingerprint density at radius 2 is 1.26 bits per heavy atom. The van der Waals surface area contributed by atoms with Gasteiger partial charge in [0.1, 0.15) is 0 Å². The molecule has 0 bridgehead atoms. The van der Waals surface area contributed by atoms with Crippen LogP contribution in [0.2, 0.25) is 0 Å². The molecule has 0 unspecified atom stereocenters. The minimum atomic E-state index is 0.857. The van der Waals surface area contributed by atoms with E-state index in [2.05, 4.69) is 120 Å². The summed E-state index contributed by atoms with van der Waals surface area (Å²) in [6, 6.07) is 42.4. The van der Waals surface area contributed by atoms with Gasteiger partial charge in [0.2, 0.25) is 0 Å². The molecular weight excluding hydrogens is 422 g/mol. The smallest absolute Gasteiger partial charge is 0.0574 e. The summed E-state index contributed by atoms with van der Waals surface area (Å²) < 4.78 is 2.61. The first-order valence-electron chi connectivity index (χ1n) is 12.4. The van der Waals surface area contributed by atoms with E-state index in [4.69, 9.17) is 0 Å². The fourth-order valence-electron chi connectivity index (χ4n) is 6.42. The molecule has 0 aliphatic heterocycles. The first-order valence-corrected chi connectivity index (χ1v) is 12.4. The van der Waals surface area contributed by atoms with Crippen molar-refractivity contribution in [1.82, 2.24) is 4.57 Å². The predicted octanol–water partition coefficient (Wildman–Crippen LogP) is 8.72. The van der Waals surface area contributed by atoms with E-state index in [-0.39, 0.29) is 0 Å². The molecule has 1 heteroatoms. The summed E-state index contributed by atoms with van der Waals surface area (Å²) in [7, 11) is 0. The highest BCUT2D eigenvalue weighted by Crippen LogP contribution is 2.49. The second-order valence-electron chi connectivity index (χ2n) is 9.71. The molecule has 164 valence electrons. The zero-order valence-electron chi connectivity index (χ0n) is 19.3. The van der Waals surface area contributed by atoms with Gasteiger partial charge in [-0.25, -0.2) is 0 Å². The van der Waals surface area contributed by atoms with Gasteiger partial charge in [0.05, 0.1) is 11.0 Å². The Hall–Kier alpha value is -4.36. The second kappa shape index (κ2) is 7.07. The lowest BCUT2D eigenvalue weighted by Crippen LogP contribution is -2.02. The summed E-state index contributed by atoms with van der Waals surface area (Å²) in [5.41, 5.74) is 9.78. The van der Waals surface area contributed by atoms with Gasteiger partial charge in [0.15, 0.2) is 0 Å². The maximum absolute atomic E-state index is 2.61. The molecule has 0 saturated carbocycles. The molecule has 6 aromatic carbocycles. The summed E-state index contributed by atoms with van der Waals surface area (Å²) in [4.78, 5) is 0. The van der Waals surface area contributed by atoms with Crippen molar-refractivity contribution in [3.63, 3.8) is 0 Å². The van der Waals surface area contributed by atoms with Crippen molar-refractivity contribution in [3.8, 4) is 11.1 Å². The van der Waals surface area contributed by atoms with Gasteiger partial charge >= 0.3 is 0 Å². The molecule has 0 radical (unpaired) electrons. The number of benzene rings is 6. The highest BCUT2D eigenvalue weighted by atomic mass is 15.0. The lowest BCUT2D eigenvalue weighted by molar-refractivity contribution is 0.868. The Bertz CT molecular complexity index is 1940. The van der Waals surface area contributed by atoms with Gasteiger partial charge in [0, 0.05) is 29.1 Å². The van der Waals surface area contributed by atoms with Crippen LogP contribution >= 0.6 is 0 Å². The van der Waals surface area contributed by atoms with E-state index >= 15 is 0 Å². The van der Waals surface area contributed by atoms with Gasteiger partial charge in [-0.05, 0) is 44.0 Å². The first kappa shape index (κ1) is 19.0. The Morgan fingerprint density at radius 3 is 2.14 bits per heavy atom. The summed E-state index contributed by atoms with van der Waals surface area (Å²) in [6.07, 6.45) is 0.982. The highest BCUT2D eigenvalue weighted by molar-refractivity contribution is 6.29. The minimum absolute atomic E-state index is 0.857. The molecular formula is C34H23N. The molecule has 0 fully saturated rings. The van der Waals surface area contributed by atoms with Crippen molar-refractivity contribution in [2.45, 2.75) is 13.0 Å². The van der Waals surface area contributed by atoms with Gasteiger partial charge < -0.3 is 4.57 Å². The van der Waals surface area contributed by atoms with E-state index in [1.165, 1.54) is 71.2 Å². The highest BCUT2D eigenvalue weighted by Gasteiger charge is 2.28. The number of hydrogen-bond donors (Lipinski definition) is 0. The Balaban J connectivity index is 1.63. The normalized spacial score (nSPS) is 12.6. The van der Waals surface area contributed by atoms with Gasteiger partial charge in [0.25, 0.3) is 0 Å². The average molecular weight is 446 g/mol. The van der Waals surface area contributed by atoms with Crippen LogP contribution in [0.25, 0.3) is 54.5 Å². The van der Waals surface area contributed by atoms with E-state index in [1.54, 1.807) is 0 Å². The molecule has 1 aliphatic rings. The van der Waals surface area contributed by atoms with E-state index < -0.39 is 0 Å². The van der Waals surface area contributed by atoms with Crippen molar-refractivity contribution in [1.29, 1.82) is 0 Å².